The fraction of sp³-hybridized carbons (Fsp3) is 0. The van der Waals surface area contributed by atoms with Crippen molar-refractivity contribution in [3.8, 4) is 6.07 Å². The molecule has 2 aromatic rings. The van der Waals surface area contributed by atoms with E-state index in [0.717, 1.165) is 18.2 Å². The monoisotopic (exact) mass is 291 g/mol. The minimum absolute atomic E-state index is 0.175. The van der Waals surface area contributed by atoms with Gasteiger partial charge in [-0.3, -0.25) is 4.72 Å². The van der Waals surface area contributed by atoms with Crippen molar-refractivity contribution in [1.29, 1.82) is 5.26 Å². The van der Waals surface area contributed by atoms with Crippen LogP contribution in [0.5, 0.6) is 0 Å². The van der Waals surface area contributed by atoms with Crippen LogP contribution in [-0.4, -0.2) is 8.42 Å². The molecule has 0 aromatic heterocycles. The Bertz CT molecular complexity index is 780. The van der Waals surface area contributed by atoms with E-state index in [9.17, 15) is 12.8 Å². The van der Waals surface area contributed by atoms with Crippen LogP contribution in [0, 0.1) is 17.1 Å². The second kappa shape index (κ2) is 5.19. The number of nitrogens with two attached hydrogens (primary N) is 1. The summed E-state index contributed by atoms with van der Waals surface area (Å²) in [6, 6.07) is 10.8. The largest absolute Gasteiger partial charge is 0.398 e. The zero-order valence-electron chi connectivity index (χ0n) is 10.2. The summed E-state index contributed by atoms with van der Waals surface area (Å²) in [5.74, 6) is -0.611. The molecule has 0 heterocycles. The molecule has 0 saturated carbocycles. The molecule has 7 heteroatoms. The van der Waals surface area contributed by atoms with Crippen LogP contribution in [0.25, 0.3) is 0 Å². The summed E-state index contributed by atoms with van der Waals surface area (Å²) < 4.78 is 39.4. The van der Waals surface area contributed by atoms with Gasteiger partial charge in [0.05, 0.1) is 17.3 Å². The normalized spacial score (nSPS) is 10.8. The Hall–Kier alpha value is -2.59. The number of nitriles is 1. The lowest BCUT2D eigenvalue weighted by Gasteiger charge is -2.10. The maximum absolute atomic E-state index is 12.9. The van der Waals surface area contributed by atoms with Gasteiger partial charge in [0.1, 0.15) is 10.7 Å². The molecular weight excluding hydrogens is 281 g/mol. The van der Waals surface area contributed by atoms with Gasteiger partial charge in [0.15, 0.2) is 0 Å². The molecule has 2 aromatic carbocycles. The highest BCUT2D eigenvalue weighted by atomic mass is 32.2. The SMILES string of the molecule is N#Cc1ccc(NS(=O)(=O)c2ccc(F)cc2N)cc1. The van der Waals surface area contributed by atoms with Crippen molar-refractivity contribution in [2.75, 3.05) is 10.5 Å². The van der Waals surface area contributed by atoms with Gasteiger partial charge in [0.2, 0.25) is 0 Å². The molecule has 0 radical (unpaired) electrons. The number of anilines is 2. The van der Waals surface area contributed by atoms with Gasteiger partial charge < -0.3 is 5.73 Å². The van der Waals surface area contributed by atoms with Crippen molar-refractivity contribution in [2.45, 2.75) is 4.90 Å². The van der Waals surface area contributed by atoms with Crippen LogP contribution in [0.4, 0.5) is 15.8 Å². The summed E-state index contributed by atoms with van der Waals surface area (Å²) in [6.07, 6.45) is 0. The van der Waals surface area contributed by atoms with E-state index in [-0.39, 0.29) is 16.3 Å². The van der Waals surface area contributed by atoms with Crippen LogP contribution in [-0.2, 0) is 10.0 Å². The molecule has 0 spiro atoms. The van der Waals surface area contributed by atoms with Gasteiger partial charge in [-0.2, -0.15) is 5.26 Å². The molecule has 0 aliphatic carbocycles. The summed E-state index contributed by atoms with van der Waals surface area (Å²) in [6.45, 7) is 0. The van der Waals surface area contributed by atoms with Crippen molar-refractivity contribution in [2.24, 2.45) is 0 Å². The third kappa shape index (κ3) is 2.87. The number of hydrogen-bond donors (Lipinski definition) is 2. The van der Waals surface area contributed by atoms with Crippen molar-refractivity contribution < 1.29 is 12.8 Å². The van der Waals surface area contributed by atoms with E-state index in [1.807, 2.05) is 6.07 Å². The third-order valence-corrected chi connectivity index (χ3v) is 3.98. The first kappa shape index (κ1) is 13.8. The van der Waals surface area contributed by atoms with Gasteiger partial charge in [0.25, 0.3) is 10.0 Å². The van der Waals surface area contributed by atoms with E-state index in [1.165, 1.54) is 24.3 Å². The Morgan fingerprint density at radius 2 is 1.80 bits per heavy atom. The lowest BCUT2D eigenvalue weighted by Crippen LogP contribution is -2.14. The smallest absolute Gasteiger partial charge is 0.263 e. The third-order valence-electron chi connectivity index (χ3n) is 2.53. The van der Waals surface area contributed by atoms with Gasteiger partial charge in [-0.1, -0.05) is 0 Å². The van der Waals surface area contributed by atoms with Gasteiger partial charge in [-0.25, -0.2) is 12.8 Å². The first-order valence-corrected chi connectivity index (χ1v) is 6.99. The minimum Gasteiger partial charge on any atom is -0.398 e. The maximum Gasteiger partial charge on any atom is 0.263 e. The number of benzene rings is 2. The lowest BCUT2D eigenvalue weighted by atomic mass is 10.2. The highest BCUT2D eigenvalue weighted by molar-refractivity contribution is 7.92. The zero-order valence-corrected chi connectivity index (χ0v) is 11.0. The number of sulfonamides is 1. The van der Waals surface area contributed by atoms with Crippen LogP contribution >= 0.6 is 0 Å². The molecule has 20 heavy (non-hydrogen) atoms. The molecule has 102 valence electrons. The Morgan fingerprint density at radius 3 is 2.35 bits per heavy atom. The van der Waals surface area contributed by atoms with Gasteiger partial charge in [-0.05, 0) is 42.5 Å². The van der Waals surface area contributed by atoms with E-state index in [1.54, 1.807) is 0 Å². The molecule has 5 nitrogen and oxygen atoms in total. The average Bonchev–Trinajstić information content (AvgIpc) is 2.38. The van der Waals surface area contributed by atoms with Gasteiger partial charge >= 0.3 is 0 Å². The molecule has 0 bridgehead atoms. The predicted molar refractivity (Wildman–Crippen MR) is 72.8 cm³/mol. The second-order valence-corrected chi connectivity index (χ2v) is 5.63. The van der Waals surface area contributed by atoms with Crippen LogP contribution in [0.1, 0.15) is 5.56 Å². The van der Waals surface area contributed by atoms with E-state index in [4.69, 9.17) is 11.0 Å². The molecule has 2 rings (SSSR count). The van der Waals surface area contributed by atoms with Gasteiger partial charge in [0, 0.05) is 5.69 Å². The second-order valence-electron chi connectivity index (χ2n) is 3.98. The zero-order chi connectivity index (χ0) is 14.8. The molecule has 0 atom stereocenters. The highest BCUT2D eigenvalue weighted by Gasteiger charge is 2.17. The quantitative estimate of drug-likeness (QED) is 0.846. The van der Waals surface area contributed by atoms with Crippen molar-refractivity contribution in [3.63, 3.8) is 0 Å². The molecule has 0 unspecified atom stereocenters. The van der Waals surface area contributed by atoms with Crippen LogP contribution in [0.2, 0.25) is 0 Å². The molecule has 0 aliphatic heterocycles. The number of rotatable bonds is 3. The van der Waals surface area contributed by atoms with E-state index in [2.05, 4.69) is 4.72 Å². The number of hydrogen-bond acceptors (Lipinski definition) is 4. The summed E-state index contributed by atoms with van der Waals surface area (Å²) in [7, 11) is -3.90. The summed E-state index contributed by atoms with van der Waals surface area (Å²) >= 11 is 0. The lowest BCUT2D eigenvalue weighted by molar-refractivity contribution is 0.600. The summed E-state index contributed by atoms with van der Waals surface area (Å²) in [5.41, 5.74) is 6.03. The van der Waals surface area contributed by atoms with Crippen LogP contribution in [0.3, 0.4) is 0 Å². The van der Waals surface area contributed by atoms with Crippen molar-refractivity contribution >= 4 is 21.4 Å². The summed E-state index contributed by atoms with van der Waals surface area (Å²) in [5, 5.41) is 8.66. The fourth-order valence-corrected chi connectivity index (χ4v) is 2.76. The molecule has 0 amide bonds. The number of halogens is 1. The Labute approximate surface area is 115 Å². The topological polar surface area (TPSA) is 96.0 Å². The van der Waals surface area contributed by atoms with Gasteiger partial charge in [-0.15, -0.1) is 0 Å². The Balaban J connectivity index is 2.33. The standard InChI is InChI=1S/C13H10FN3O2S/c14-10-3-6-13(12(16)7-10)20(18,19)17-11-4-1-9(8-15)2-5-11/h1-7,17H,16H2. The number of nitrogen functional groups attached to an aromatic ring is 1. The van der Waals surface area contributed by atoms with E-state index in [0.29, 0.717) is 5.56 Å². The predicted octanol–water partition coefficient (Wildman–Crippen LogP) is 2.08. The maximum atomic E-state index is 12.9. The molecular formula is C13H10FN3O2S. The van der Waals surface area contributed by atoms with E-state index < -0.39 is 15.8 Å². The average molecular weight is 291 g/mol. The first-order chi connectivity index (χ1) is 9.42. The first-order valence-electron chi connectivity index (χ1n) is 5.50. The Morgan fingerprint density at radius 1 is 1.15 bits per heavy atom. The summed E-state index contributed by atoms with van der Waals surface area (Å²) in [4.78, 5) is -0.205. The van der Waals surface area contributed by atoms with Crippen molar-refractivity contribution in [3.05, 3.63) is 53.8 Å². The molecule has 0 fully saturated rings. The minimum atomic E-state index is -3.90. The van der Waals surface area contributed by atoms with Crippen molar-refractivity contribution in [1.82, 2.24) is 0 Å². The molecule has 3 N–H and O–H groups in total. The van der Waals surface area contributed by atoms with Crippen LogP contribution < -0.4 is 10.5 Å². The Kier molecular flexibility index (Phi) is 3.59. The molecule has 0 aliphatic rings. The number of nitrogens with one attached hydrogen (secondary N) is 1. The van der Waals surface area contributed by atoms with Crippen LogP contribution in [0.15, 0.2) is 47.4 Å². The van der Waals surface area contributed by atoms with E-state index >= 15 is 0 Å². The molecule has 0 saturated heterocycles. The highest BCUT2D eigenvalue weighted by Crippen LogP contribution is 2.22. The fourth-order valence-electron chi connectivity index (χ4n) is 1.59. The number of nitrogens with zero attached hydrogens (tertiary/aromatic N) is 1.